The van der Waals surface area contributed by atoms with E-state index in [9.17, 15) is 4.79 Å². The summed E-state index contributed by atoms with van der Waals surface area (Å²) < 4.78 is 1.76. The van der Waals surface area contributed by atoms with Crippen molar-refractivity contribution in [3.8, 4) is 5.82 Å². The molecule has 0 saturated carbocycles. The van der Waals surface area contributed by atoms with E-state index in [1.54, 1.807) is 4.68 Å². The molecule has 0 amide bonds. The quantitative estimate of drug-likeness (QED) is 0.927. The van der Waals surface area contributed by atoms with Gasteiger partial charge < -0.3 is 5.11 Å². The van der Waals surface area contributed by atoms with Gasteiger partial charge >= 0.3 is 5.97 Å². The Morgan fingerprint density at radius 3 is 2.90 bits per heavy atom. The molecular formula is C15H17N3O2. The molecule has 104 valence electrons. The zero-order valence-corrected chi connectivity index (χ0v) is 11.7. The lowest BCUT2D eigenvalue weighted by Crippen LogP contribution is -2.06. The van der Waals surface area contributed by atoms with E-state index in [1.807, 2.05) is 19.9 Å². The van der Waals surface area contributed by atoms with Crippen molar-refractivity contribution in [3.63, 3.8) is 0 Å². The number of carboxylic acid groups (broad SMARTS) is 1. The van der Waals surface area contributed by atoms with Crippen LogP contribution in [0.25, 0.3) is 5.82 Å². The van der Waals surface area contributed by atoms with Gasteiger partial charge in [-0.25, -0.2) is 9.67 Å². The van der Waals surface area contributed by atoms with Gasteiger partial charge in [-0.15, -0.1) is 0 Å². The van der Waals surface area contributed by atoms with E-state index in [0.29, 0.717) is 0 Å². The molecule has 0 radical (unpaired) electrons. The molecule has 2 heterocycles. The Hall–Kier alpha value is -2.17. The van der Waals surface area contributed by atoms with Crippen LogP contribution in [-0.2, 0) is 24.1 Å². The topological polar surface area (TPSA) is 68.0 Å². The van der Waals surface area contributed by atoms with Crippen LogP contribution in [0, 0.1) is 13.8 Å². The third kappa shape index (κ3) is 2.09. The predicted octanol–water partition coefficient (Wildman–Crippen LogP) is 2.00. The Morgan fingerprint density at radius 2 is 2.15 bits per heavy atom. The molecule has 0 atom stereocenters. The molecule has 20 heavy (non-hydrogen) atoms. The van der Waals surface area contributed by atoms with E-state index >= 15 is 0 Å². The second-order valence-electron chi connectivity index (χ2n) is 5.26. The van der Waals surface area contributed by atoms with Crippen LogP contribution in [-0.4, -0.2) is 25.8 Å². The van der Waals surface area contributed by atoms with Crippen molar-refractivity contribution in [2.24, 2.45) is 0 Å². The fourth-order valence-corrected chi connectivity index (χ4v) is 2.83. The highest BCUT2D eigenvalue weighted by Gasteiger charge is 2.18. The van der Waals surface area contributed by atoms with Crippen LogP contribution >= 0.6 is 0 Å². The molecule has 1 N–H and O–H groups in total. The number of aryl methyl sites for hydroxylation is 3. The fraction of sp³-hybridized carbons (Fsp3) is 0.400. The Kier molecular flexibility index (Phi) is 3.04. The van der Waals surface area contributed by atoms with Gasteiger partial charge in [0.2, 0.25) is 0 Å². The summed E-state index contributed by atoms with van der Waals surface area (Å²) in [6, 6.07) is 4.08. The number of hydrogen-bond acceptors (Lipinski definition) is 3. The summed E-state index contributed by atoms with van der Waals surface area (Å²) in [5, 5.41) is 13.4. The number of rotatable bonds is 3. The first-order chi connectivity index (χ1) is 9.56. The third-order valence-electron chi connectivity index (χ3n) is 3.90. The van der Waals surface area contributed by atoms with Crippen LogP contribution in [0.3, 0.4) is 0 Å². The Labute approximate surface area is 117 Å². The van der Waals surface area contributed by atoms with Crippen LogP contribution in [0.15, 0.2) is 12.1 Å². The van der Waals surface area contributed by atoms with E-state index in [4.69, 9.17) is 5.11 Å². The smallest absolute Gasteiger partial charge is 0.307 e. The molecule has 0 saturated heterocycles. The van der Waals surface area contributed by atoms with Crippen LogP contribution in [0.2, 0.25) is 0 Å². The molecule has 0 spiro atoms. The fourth-order valence-electron chi connectivity index (χ4n) is 2.83. The van der Waals surface area contributed by atoms with Crippen molar-refractivity contribution in [1.29, 1.82) is 0 Å². The SMILES string of the molecule is Cc1nn(-c2ccc3c(n2)CCC3)c(C)c1CC(=O)O. The van der Waals surface area contributed by atoms with Crippen molar-refractivity contribution in [3.05, 3.63) is 40.3 Å². The summed E-state index contributed by atoms with van der Waals surface area (Å²) in [6.45, 7) is 3.74. The van der Waals surface area contributed by atoms with Crippen LogP contribution in [0.5, 0.6) is 0 Å². The van der Waals surface area contributed by atoms with Gasteiger partial charge in [-0.3, -0.25) is 4.79 Å². The molecule has 3 rings (SSSR count). The molecule has 2 aromatic heterocycles. The number of aliphatic carboxylic acids is 1. The van der Waals surface area contributed by atoms with Gasteiger partial charge in [0, 0.05) is 17.0 Å². The molecule has 1 aliphatic rings. The Morgan fingerprint density at radius 1 is 1.35 bits per heavy atom. The van der Waals surface area contributed by atoms with Gasteiger partial charge in [-0.2, -0.15) is 5.10 Å². The molecule has 5 nitrogen and oxygen atoms in total. The van der Waals surface area contributed by atoms with Gasteiger partial charge in [0.15, 0.2) is 5.82 Å². The molecular weight excluding hydrogens is 254 g/mol. The molecule has 5 heteroatoms. The lowest BCUT2D eigenvalue weighted by atomic mass is 10.1. The highest BCUT2D eigenvalue weighted by molar-refractivity contribution is 5.71. The Bertz CT molecular complexity index is 689. The molecule has 0 aromatic carbocycles. The Balaban J connectivity index is 2.04. The number of carboxylic acids is 1. The summed E-state index contributed by atoms with van der Waals surface area (Å²) in [6.07, 6.45) is 3.28. The average Bonchev–Trinajstić information content (AvgIpc) is 2.97. The lowest BCUT2D eigenvalue weighted by molar-refractivity contribution is -0.136. The number of carbonyl (C=O) groups is 1. The van der Waals surface area contributed by atoms with Gasteiger partial charge in [0.25, 0.3) is 0 Å². The third-order valence-corrected chi connectivity index (χ3v) is 3.90. The normalized spacial score (nSPS) is 13.5. The molecule has 2 aromatic rings. The second-order valence-corrected chi connectivity index (χ2v) is 5.26. The predicted molar refractivity (Wildman–Crippen MR) is 74.2 cm³/mol. The van der Waals surface area contributed by atoms with Crippen molar-refractivity contribution in [2.75, 3.05) is 0 Å². The average molecular weight is 271 g/mol. The minimum atomic E-state index is -0.835. The minimum absolute atomic E-state index is 0.00259. The highest BCUT2D eigenvalue weighted by Crippen LogP contribution is 2.23. The first kappa shape index (κ1) is 12.8. The highest BCUT2D eigenvalue weighted by atomic mass is 16.4. The van der Waals surface area contributed by atoms with Crippen LogP contribution in [0.1, 0.15) is 34.6 Å². The van der Waals surface area contributed by atoms with Gasteiger partial charge in [-0.1, -0.05) is 6.07 Å². The maximum Gasteiger partial charge on any atom is 0.307 e. The van der Waals surface area contributed by atoms with E-state index in [1.165, 1.54) is 5.56 Å². The number of fused-ring (bicyclic) bond motifs is 1. The summed E-state index contributed by atoms with van der Waals surface area (Å²) in [5.41, 5.74) is 4.86. The standard InChI is InChI=1S/C15H17N3O2/c1-9-12(8-15(19)20)10(2)18(17-9)14-7-6-11-4-3-5-13(11)16-14/h6-7H,3-5,8H2,1-2H3,(H,19,20). The first-order valence-electron chi connectivity index (χ1n) is 6.82. The van der Waals surface area contributed by atoms with Crippen LogP contribution in [0.4, 0.5) is 0 Å². The molecule has 0 bridgehead atoms. The van der Waals surface area contributed by atoms with Crippen molar-refractivity contribution in [1.82, 2.24) is 14.8 Å². The van der Waals surface area contributed by atoms with E-state index in [0.717, 1.165) is 47.7 Å². The van der Waals surface area contributed by atoms with E-state index < -0.39 is 5.97 Å². The minimum Gasteiger partial charge on any atom is -0.481 e. The number of hydrogen-bond donors (Lipinski definition) is 1. The molecule has 0 aliphatic heterocycles. The molecule has 0 unspecified atom stereocenters. The summed E-state index contributed by atoms with van der Waals surface area (Å²) >= 11 is 0. The van der Waals surface area contributed by atoms with Crippen molar-refractivity contribution in [2.45, 2.75) is 39.5 Å². The molecule has 0 fully saturated rings. The summed E-state index contributed by atoms with van der Waals surface area (Å²) in [4.78, 5) is 15.6. The van der Waals surface area contributed by atoms with Crippen LogP contribution < -0.4 is 0 Å². The van der Waals surface area contributed by atoms with Crippen molar-refractivity contribution < 1.29 is 9.90 Å². The maximum absolute atomic E-state index is 10.9. The zero-order valence-electron chi connectivity index (χ0n) is 11.7. The monoisotopic (exact) mass is 271 g/mol. The van der Waals surface area contributed by atoms with Crippen molar-refractivity contribution >= 4 is 5.97 Å². The largest absolute Gasteiger partial charge is 0.481 e. The summed E-state index contributed by atoms with van der Waals surface area (Å²) in [5.74, 6) is -0.0550. The second kappa shape index (κ2) is 4.74. The van der Waals surface area contributed by atoms with E-state index in [-0.39, 0.29) is 6.42 Å². The van der Waals surface area contributed by atoms with Gasteiger partial charge in [0.1, 0.15) is 0 Å². The first-order valence-corrected chi connectivity index (χ1v) is 6.82. The lowest BCUT2D eigenvalue weighted by Gasteiger charge is -2.06. The summed E-state index contributed by atoms with van der Waals surface area (Å²) in [7, 11) is 0. The number of pyridine rings is 1. The van der Waals surface area contributed by atoms with E-state index in [2.05, 4.69) is 16.1 Å². The number of nitrogens with zero attached hydrogens (tertiary/aromatic N) is 3. The number of aromatic nitrogens is 3. The van der Waals surface area contributed by atoms with Gasteiger partial charge in [0.05, 0.1) is 12.1 Å². The zero-order chi connectivity index (χ0) is 14.3. The van der Waals surface area contributed by atoms with Gasteiger partial charge in [-0.05, 0) is 44.7 Å². The maximum atomic E-state index is 10.9. The molecule has 1 aliphatic carbocycles.